The highest BCUT2D eigenvalue weighted by atomic mass is 35.7. The Morgan fingerprint density at radius 2 is 1.90 bits per heavy atom. The van der Waals surface area contributed by atoms with E-state index >= 15 is 0 Å². The first kappa shape index (κ1) is 20.6. The standard InChI is InChI=1S/C13H18O2S.ClH2O3P/c1-13(2,12(15)16-9-8-14)10-11-6-4-3-5-7-11;1-5(2,3)4/h3-7,14H,8-10H2,1-2H3;(H2,2,3,4). The third kappa shape index (κ3) is 11.9. The molecule has 1 aromatic carbocycles. The Morgan fingerprint density at radius 3 is 2.33 bits per heavy atom. The first-order valence-corrected chi connectivity index (χ1v) is 9.60. The molecule has 1 unspecified atom stereocenters. The second-order valence-electron chi connectivity index (χ2n) is 4.87. The number of benzene rings is 1. The van der Waals surface area contributed by atoms with E-state index in [0.717, 1.165) is 6.42 Å². The van der Waals surface area contributed by atoms with Gasteiger partial charge < -0.3 is 14.9 Å². The third-order valence-electron chi connectivity index (χ3n) is 2.40. The summed E-state index contributed by atoms with van der Waals surface area (Å²) in [4.78, 5) is 26.2. The molecule has 0 aliphatic carbocycles. The number of aliphatic hydroxyl groups is 1. The number of rotatable bonds is 5. The number of carbonyl (C=O) groups excluding carboxylic acids is 1. The van der Waals surface area contributed by atoms with Crippen molar-refractivity contribution in [3.05, 3.63) is 35.9 Å². The van der Waals surface area contributed by atoms with E-state index < -0.39 is 6.95 Å². The molecule has 21 heavy (non-hydrogen) atoms. The second kappa shape index (κ2) is 9.62. The summed E-state index contributed by atoms with van der Waals surface area (Å²) in [6.45, 7) is -0.296. The molecule has 0 bridgehead atoms. The highest BCUT2D eigenvalue weighted by Gasteiger charge is 2.33. The summed E-state index contributed by atoms with van der Waals surface area (Å²) in [5.74, 6) is 0.546. The predicted octanol–water partition coefficient (Wildman–Crippen LogP) is 2.17. The van der Waals surface area contributed by atoms with Crippen molar-refractivity contribution in [2.45, 2.75) is 20.3 Å². The topological polar surface area (TPSA) is 102 Å². The van der Waals surface area contributed by atoms with Gasteiger partial charge in [0, 0.05) is 5.75 Å². The first-order valence-electron chi connectivity index (χ1n) is 6.13. The smallest absolute Gasteiger partial charge is 0.356 e. The summed E-state index contributed by atoms with van der Waals surface area (Å²) in [6, 6.07) is 10.1. The lowest BCUT2D eigenvalue weighted by molar-refractivity contribution is -0.185. The third-order valence-corrected chi connectivity index (χ3v) is 3.61. The van der Waals surface area contributed by atoms with Crippen molar-refractivity contribution in [3.63, 3.8) is 0 Å². The Labute approximate surface area is 133 Å². The van der Waals surface area contributed by atoms with Crippen molar-refractivity contribution >= 4 is 35.1 Å². The summed E-state index contributed by atoms with van der Waals surface area (Å²) < 4.78 is 8.98. The number of hydrogen-bond donors (Lipinski definition) is 2. The quantitative estimate of drug-likeness (QED) is 0.623. The predicted molar refractivity (Wildman–Crippen MR) is 86.1 cm³/mol. The number of halogens is 1. The van der Waals surface area contributed by atoms with Crippen LogP contribution in [0.5, 0.6) is 0 Å². The fourth-order valence-electron chi connectivity index (χ4n) is 1.52. The molecule has 3 N–H and O–H groups in total. The lowest BCUT2D eigenvalue weighted by Crippen LogP contribution is -2.25. The molecular weight excluding hydrogens is 335 g/mol. The maximum Gasteiger partial charge on any atom is 0.356 e. The van der Waals surface area contributed by atoms with Crippen LogP contribution in [0.4, 0.5) is 0 Å². The molecule has 1 atom stereocenters. The van der Waals surface area contributed by atoms with Gasteiger partial charge in [-0.3, -0.25) is 9.36 Å². The monoisotopic (exact) mass is 354 g/mol. The minimum absolute atomic E-state index is 0.0934. The minimum atomic E-state index is -4.42. The largest absolute Gasteiger partial charge is 0.766 e. The Bertz CT molecular complexity index is 466. The molecule has 5 nitrogen and oxygen atoms in total. The molecule has 1 aromatic rings. The molecule has 1 rings (SSSR count). The van der Waals surface area contributed by atoms with Crippen LogP contribution < -0.4 is 4.89 Å². The number of aliphatic hydroxyl groups excluding tert-OH is 1. The summed E-state index contributed by atoms with van der Waals surface area (Å²) in [5.41, 5.74) is 0.949. The van der Waals surface area contributed by atoms with E-state index in [2.05, 4.69) is 23.4 Å². The zero-order valence-electron chi connectivity index (χ0n) is 11.9. The van der Waals surface area contributed by atoms with Gasteiger partial charge in [0.1, 0.15) is 0 Å². The highest BCUT2D eigenvalue weighted by molar-refractivity contribution is 8.13. The van der Waals surface area contributed by atoms with Crippen LogP contribution in [-0.4, -0.2) is 32.3 Å². The molecule has 0 spiro atoms. The highest BCUT2D eigenvalue weighted by Crippen LogP contribution is 2.34. The molecule has 0 aliphatic heterocycles. The maximum atomic E-state index is 9.94. The van der Waals surface area contributed by atoms with Crippen molar-refractivity contribution in [1.29, 1.82) is 0 Å². The normalized spacial score (nSPS) is 13.8. The van der Waals surface area contributed by atoms with Gasteiger partial charge in [0.15, 0.2) is 0 Å². The zero-order valence-corrected chi connectivity index (χ0v) is 14.4. The number of hydrogen-bond acceptors (Lipinski definition) is 4. The van der Waals surface area contributed by atoms with E-state index in [9.17, 15) is 4.79 Å². The van der Waals surface area contributed by atoms with Crippen molar-refractivity contribution in [2.75, 3.05) is 12.4 Å². The van der Waals surface area contributed by atoms with Crippen molar-refractivity contribution in [3.8, 4) is 0 Å². The van der Waals surface area contributed by atoms with E-state index in [-0.39, 0.29) is 12.0 Å². The van der Waals surface area contributed by atoms with E-state index in [0.29, 0.717) is 10.9 Å². The molecule has 0 saturated heterocycles. The second-order valence-corrected chi connectivity index (χ2v) is 8.14. The Balaban J connectivity index is 0.000000690. The molecule has 0 fully saturated rings. The summed E-state index contributed by atoms with van der Waals surface area (Å²) in [5, 5.41) is 9.12. The van der Waals surface area contributed by atoms with Crippen LogP contribution in [-0.2, 0) is 11.0 Å². The van der Waals surface area contributed by atoms with Crippen LogP contribution in [0.15, 0.2) is 30.3 Å². The van der Waals surface area contributed by atoms with Gasteiger partial charge >= 0.3 is 5.12 Å². The average Bonchev–Trinajstić information content (AvgIpc) is 2.34. The molecule has 120 valence electrons. The minimum Gasteiger partial charge on any atom is -0.766 e. The summed E-state index contributed by atoms with van der Waals surface area (Å²) in [7, 11) is 0. The van der Waals surface area contributed by atoms with Crippen LogP contribution in [0, 0.1) is 5.41 Å². The van der Waals surface area contributed by atoms with Gasteiger partial charge in [-0.2, -0.15) is 0 Å². The molecule has 0 amide bonds. The van der Waals surface area contributed by atoms with E-state index in [4.69, 9.17) is 19.5 Å². The van der Waals surface area contributed by atoms with Gasteiger partial charge in [-0.1, -0.05) is 30.3 Å². The lowest BCUT2D eigenvalue weighted by atomic mass is 9.87. The van der Waals surface area contributed by atoms with Crippen molar-refractivity contribution in [2.24, 2.45) is 5.41 Å². The molecule has 0 heterocycles. The number of thioether (sulfide) groups is 1. The van der Waals surface area contributed by atoms with Crippen molar-refractivity contribution in [1.82, 2.24) is 0 Å². The zero-order chi connectivity index (χ0) is 16.5. The Hall–Kier alpha value is -0.360. The molecular formula is C13H20ClO5PS. The van der Waals surface area contributed by atoms with Crippen LogP contribution in [0.1, 0.15) is 19.4 Å². The van der Waals surface area contributed by atoms with Crippen LogP contribution in [0.3, 0.4) is 0 Å². The van der Waals surface area contributed by atoms with E-state index in [1.807, 2.05) is 32.0 Å². The maximum absolute atomic E-state index is 9.94. The fraction of sp³-hybridized carbons (Fsp3) is 0.462. The molecule has 0 aliphatic rings. The summed E-state index contributed by atoms with van der Waals surface area (Å²) in [6.07, 6.45) is 0.804. The van der Waals surface area contributed by atoms with Gasteiger partial charge in [0.05, 0.1) is 12.0 Å². The van der Waals surface area contributed by atoms with Gasteiger partial charge in [-0.25, -0.2) is 0 Å². The van der Waals surface area contributed by atoms with Crippen LogP contribution >= 0.6 is 30.0 Å². The SMILES string of the molecule is CC(C)(Cc1ccccc1)C(=[OH+])SCCO.O=P([O-])(O)Cl. The fourth-order valence-corrected chi connectivity index (χ4v) is 2.27. The molecule has 0 aromatic heterocycles. The van der Waals surface area contributed by atoms with Gasteiger partial charge in [-0.15, -0.1) is 0 Å². The molecule has 0 radical (unpaired) electrons. The van der Waals surface area contributed by atoms with Crippen LogP contribution in [0.25, 0.3) is 0 Å². The lowest BCUT2D eigenvalue weighted by Gasteiger charge is -2.17. The van der Waals surface area contributed by atoms with Gasteiger partial charge in [0.2, 0.25) is 6.95 Å². The van der Waals surface area contributed by atoms with Gasteiger partial charge in [0.25, 0.3) is 0 Å². The average molecular weight is 355 g/mol. The molecule has 0 saturated carbocycles. The van der Waals surface area contributed by atoms with E-state index in [1.54, 1.807) is 0 Å². The molecule has 8 heteroatoms. The van der Waals surface area contributed by atoms with Gasteiger partial charge in [-0.05, 0) is 48.8 Å². The van der Waals surface area contributed by atoms with E-state index in [1.165, 1.54) is 17.3 Å². The summed E-state index contributed by atoms with van der Waals surface area (Å²) >= 11 is 5.41. The Kier molecular flexibility index (Phi) is 9.45. The van der Waals surface area contributed by atoms with Crippen LogP contribution in [0.2, 0.25) is 0 Å². The first-order chi connectivity index (χ1) is 9.56. The van der Waals surface area contributed by atoms with Crippen molar-refractivity contribution < 1.29 is 24.3 Å². The Morgan fingerprint density at radius 1 is 1.43 bits per heavy atom.